The van der Waals surface area contributed by atoms with Gasteiger partial charge in [-0.2, -0.15) is 0 Å². The molecule has 1 aliphatic heterocycles. The number of aliphatic hydroxyl groups excluding tert-OH is 1. The van der Waals surface area contributed by atoms with E-state index in [4.69, 9.17) is 4.74 Å². The summed E-state index contributed by atoms with van der Waals surface area (Å²) in [6.07, 6.45) is 0. The van der Waals surface area contributed by atoms with Gasteiger partial charge in [0.1, 0.15) is 11.5 Å². The minimum absolute atomic E-state index is 0.120. The van der Waals surface area contributed by atoms with Crippen LogP contribution in [-0.4, -0.2) is 56.0 Å². The lowest BCUT2D eigenvalue weighted by Crippen LogP contribution is -3.06. The van der Waals surface area contributed by atoms with Crippen molar-refractivity contribution < 1.29 is 24.3 Å². The second kappa shape index (κ2) is 8.27. The van der Waals surface area contributed by atoms with Crippen LogP contribution < -0.4 is 9.64 Å². The van der Waals surface area contributed by atoms with Crippen molar-refractivity contribution in [2.45, 2.75) is 6.04 Å². The molecule has 1 fully saturated rings. The lowest BCUT2D eigenvalue weighted by Gasteiger charge is -2.25. The average molecular weight is 381 g/mol. The van der Waals surface area contributed by atoms with E-state index in [9.17, 15) is 14.7 Å². The molecule has 1 heterocycles. The zero-order valence-corrected chi connectivity index (χ0v) is 16.3. The number of hydrogen-bond donors (Lipinski definition) is 2. The fourth-order valence-electron chi connectivity index (χ4n) is 3.34. The van der Waals surface area contributed by atoms with E-state index in [0.717, 1.165) is 5.56 Å². The number of ketones is 1. The minimum atomic E-state index is -0.657. The van der Waals surface area contributed by atoms with Gasteiger partial charge in [0.15, 0.2) is 0 Å². The highest BCUT2D eigenvalue weighted by atomic mass is 16.5. The van der Waals surface area contributed by atoms with Crippen molar-refractivity contribution in [3.8, 4) is 5.75 Å². The van der Waals surface area contributed by atoms with E-state index < -0.39 is 17.7 Å². The average Bonchev–Trinajstić information content (AvgIpc) is 2.97. The molecule has 0 spiro atoms. The Labute approximate surface area is 164 Å². The standard InChI is InChI=1S/C22H24N2O4/c1-23(2)13-14-24-19(15-9-11-17(28-3)12-10-15)18(21(26)22(24)27)20(25)16-7-5-4-6-8-16/h4-12,19,25H,13-14H2,1-3H3/p+1/t19-/m1/s1. The Balaban J connectivity index is 2.12. The van der Waals surface area contributed by atoms with Crippen molar-refractivity contribution in [3.63, 3.8) is 0 Å². The van der Waals surface area contributed by atoms with Crippen LogP contribution in [0.2, 0.25) is 0 Å². The van der Waals surface area contributed by atoms with Crippen LogP contribution in [0.3, 0.4) is 0 Å². The third-order valence-electron chi connectivity index (χ3n) is 4.87. The maximum Gasteiger partial charge on any atom is 0.295 e. The number of carbonyl (C=O) groups excluding carboxylic acids is 2. The molecule has 1 atom stereocenters. The highest BCUT2D eigenvalue weighted by Gasteiger charge is 2.46. The third kappa shape index (κ3) is 3.77. The molecule has 1 amide bonds. The molecular weight excluding hydrogens is 356 g/mol. The topological polar surface area (TPSA) is 71.3 Å². The van der Waals surface area contributed by atoms with Gasteiger partial charge in [-0.3, -0.25) is 9.59 Å². The first-order chi connectivity index (χ1) is 13.4. The summed E-state index contributed by atoms with van der Waals surface area (Å²) in [4.78, 5) is 28.3. The molecule has 2 aromatic carbocycles. The van der Waals surface area contributed by atoms with E-state index in [1.54, 1.807) is 48.4 Å². The Morgan fingerprint density at radius 2 is 1.71 bits per heavy atom. The first-order valence-electron chi connectivity index (χ1n) is 9.21. The zero-order valence-electron chi connectivity index (χ0n) is 16.3. The molecule has 0 radical (unpaired) electrons. The smallest absolute Gasteiger partial charge is 0.295 e. The van der Waals surface area contributed by atoms with Crippen molar-refractivity contribution in [1.29, 1.82) is 0 Å². The Morgan fingerprint density at radius 1 is 1.07 bits per heavy atom. The van der Waals surface area contributed by atoms with E-state index in [1.165, 1.54) is 4.90 Å². The number of ether oxygens (including phenoxy) is 1. The monoisotopic (exact) mass is 381 g/mol. The summed E-state index contributed by atoms with van der Waals surface area (Å²) < 4.78 is 5.21. The highest BCUT2D eigenvalue weighted by Crippen LogP contribution is 2.39. The molecule has 1 aliphatic rings. The summed E-state index contributed by atoms with van der Waals surface area (Å²) in [7, 11) is 5.56. The molecule has 2 N–H and O–H groups in total. The maximum atomic E-state index is 12.8. The normalized spacial score (nSPS) is 18.7. The van der Waals surface area contributed by atoms with Crippen LogP contribution in [0.4, 0.5) is 0 Å². The molecule has 0 unspecified atom stereocenters. The van der Waals surface area contributed by atoms with Crippen LogP contribution in [0.15, 0.2) is 60.2 Å². The number of benzene rings is 2. The number of hydrogen-bond acceptors (Lipinski definition) is 4. The predicted octanol–water partition coefficient (Wildman–Crippen LogP) is 1.26. The number of quaternary nitrogens is 1. The van der Waals surface area contributed by atoms with Crippen molar-refractivity contribution in [2.75, 3.05) is 34.3 Å². The highest BCUT2D eigenvalue weighted by molar-refractivity contribution is 6.46. The number of likely N-dealkylation sites (N-methyl/N-ethyl adjacent to an activating group) is 1. The van der Waals surface area contributed by atoms with E-state index in [0.29, 0.717) is 24.4 Å². The van der Waals surface area contributed by atoms with Crippen molar-refractivity contribution >= 4 is 17.4 Å². The van der Waals surface area contributed by atoms with Gasteiger partial charge in [-0.05, 0) is 17.7 Å². The van der Waals surface area contributed by atoms with Gasteiger partial charge in [0, 0.05) is 5.56 Å². The number of likely N-dealkylation sites (tertiary alicyclic amines) is 1. The van der Waals surface area contributed by atoms with Gasteiger partial charge in [-0.25, -0.2) is 0 Å². The summed E-state index contributed by atoms with van der Waals surface area (Å²) in [5, 5.41) is 10.9. The van der Waals surface area contributed by atoms with Crippen LogP contribution >= 0.6 is 0 Å². The Hall–Kier alpha value is -3.12. The third-order valence-corrected chi connectivity index (χ3v) is 4.87. The van der Waals surface area contributed by atoms with Crippen LogP contribution in [0, 0.1) is 0 Å². The van der Waals surface area contributed by atoms with Crippen LogP contribution in [-0.2, 0) is 9.59 Å². The number of amides is 1. The van der Waals surface area contributed by atoms with Gasteiger partial charge in [0.25, 0.3) is 11.7 Å². The van der Waals surface area contributed by atoms with Crippen molar-refractivity contribution in [1.82, 2.24) is 4.90 Å². The lowest BCUT2D eigenvalue weighted by atomic mass is 9.95. The number of Topliss-reactive ketones (excluding diaryl/α,β-unsaturated/α-hetero) is 1. The second-order valence-corrected chi connectivity index (χ2v) is 7.09. The number of rotatable bonds is 6. The molecular formula is C22H25N2O4+. The van der Waals surface area contributed by atoms with Gasteiger partial charge in [-0.1, -0.05) is 42.5 Å². The second-order valence-electron chi connectivity index (χ2n) is 7.09. The van der Waals surface area contributed by atoms with Crippen LogP contribution in [0.5, 0.6) is 5.75 Å². The number of carbonyl (C=O) groups is 2. The van der Waals surface area contributed by atoms with Gasteiger partial charge in [-0.15, -0.1) is 0 Å². The molecule has 0 aliphatic carbocycles. The molecule has 0 aromatic heterocycles. The molecule has 6 heteroatoms. The predicted molar refractivity (Wildman–Crippen MR) is 106 cm³/mol. The molecule has 0 bridgehead atoms. The molecule has 146 valence electrons. The van der Waals surface area contributed by atoms with Crippen molar-refractivity contribution in [2.24, 2.45) is 0 Å². The quantitative estimate of drug-likeness (QED) is 0.449. The largest absolute Gasteiger partial charge is 0.507 e. The number of aliphatic hydroxyl groups is 1. The summed E-state index contributed by atoms with van der Waals surface area (Å²) in [5.41, 5.74) is 1.39. The zero-order chi connectivity index (χ0) is 20.3. The summed E-state index contributed by atoms with van der Waals surface area (Å²) in [5.74, 6) is -0.712. The Bertz CT molecular complexity index is 889. The Morgan fingerprint density at radius 3 is 2.29 bits per heavy atom. The van der Waals surface area contributed by atoms with Crippen LogP contribution in [0.1, 0.15) is 17.2 Å². The van der Waals surface area contributed by atoms with Crippen LogP contribution in [0.25, 0.3) is 5.76 Å². The van der Waals surface area contributed by atoms with E-state index in [1.807, 2.05) is 32.3 Å². The van der Waals surface area contributed by atoms with E-state index >= 15 is 0 Å². The maximum absolute atomic E-state index is 12.8. The number of methoxy groups -OCH3 is 1. The lowest BCUT2D eigenvalue weighted by molar-refractivity contribution is -0.857. The fraction of sp³-hybridized carbons (Fsp3) is 0.273. The molecule has 28 heavy (non-hydrogen) atoms. The summed E-state index contributed by atoms with van der Waals surface area (Å²) in [6, 6.07) is 15.4. The van der Waals surface area contributed by atoms with E-state index in [2.05, 4.69) is 0 Å². The Kier molecular flexibility index (Phi) is 5.80. The SMILES string of the molecule is COc1ccc([C@@H]2C(=C(O)c3ccccc3)C(=O)C(=O)N2CC[NH+](C)C)cc1. The minimum Gasteiger partial charge on any atom is -0.507 e. The molecule has 2 aromatic rings. The van der Waals surface area contributed by atoms with E-state index in [-0.39, 0.29) is 11.3 Å². The first kappa shape index (κ1) is 19.6. The van der Waals surface area contributed by atoms with Crippen molar-refractivity contribution in [3.05, 3.63) is 71.3 Å². The molecule has 3 rings (SSSR count). The first-order valence-corrected chi connectivity index (χ1v) is 9.21. The molecule has 1 saturated heterocycles. The summed E-state index contributed by atoms with van der Waals surface area (Å²) in [6.45, 7) is 1.10. The molecule has 6 nitrogen and oxygen atoms in total. The van der Waals surface area contributed by atoms with Gasteiger partial charge in [0.2, 0.25) is 0 Å². The number of nitrogens with zero attached hydrogens (tertiary/aromatic N) is 1. The van der Waals surface area contributed by atoms with Gasteiger partial charge in [0.05, 0.1) is 45.9 Å². The summed E-state index contributed by atoms with van der Waals surface area (Å²) >= 11 is 0. The molecule has 0 saturated carbocycles. The van der Waals surface area contributed by atoms with Gasteiger partial charge >= 0.3 is 0 Å². The fourth-order valence-corrected chi connectivity index (χ4v) is 3.34. The number of nitrogens with one attached hydrogen (secondary N) is 1. The van der Waals surface area contributed by atoms with Gasteiger partial charge < -0.3 is 19.6 Å².